The van der Waals surface area contributed by atoms with Gasteiger partial charge in [-0.1, -0.05) is 83.9 Å². The molecule has 0 atom stereocenters. The number of rotatable bonds is 8. The van der Waals surface area contributed by atoms with Crippen molar-refractivity contribution >= 4 is 46.4 Å². The monoisotopic (exact) mass is 514 g/mol. The first kappa shape index (κ1) is 25.2. The fourth-order valence-electron chi connectivity index (χ4n) is 3.69. The van der Waals surface area contributed by atoms with E-state index in [4.69, 9.17) is 23.2 Å². The summed E-state index contributed by atoms with van der Waals surface area (Å²) < 4.78 is 0. The highest BCUT2D eigenvalue weighted by Gasteiger charge is 2.17. The highest BCUT2D eigenvalue weighted by Crippen LogP contribution is 2.23. The van der Waals surface area contributed by atoms with E-state index in [-0.39, 0.29) is 11.8 Å². The summed E-state index contributed by atoms with van der Waals surface area (Å²) in [6.07, 6.45) is 2.63. The predicted octanol–water partition coefficient (Wildman–Crippen LogP) is 7.32. The molecule has 4 nitrogen and oxygen atoms in total. The van der Waals surface area contributed by atoms with Gasteiger partial charge in [-0.2, -0.15) is 0 Å². The number of amides is 2. The maximum Gasteiger partial charge on any atom is 0.251 e. The van der Waals surface area contributed by atoms with Gasteiger partial charge in [0, 0.05) is 33.6 Å². The molecule has 6 heteroatoms. The maximum absolute atomic E-state index is 13.3. The molecule has 180 valence electrons. The van der Waals surface area contributed by atoms with E-state index in [1.54, 1.807) is 58.3 Å². The van der Waals surface area contributed by atoms with Crippen LogP contribution in [0.2, 0.25) is 10.0 Å². The van der Waals surface area contributed by atoms with Gasteiger partial charge in [0.1, 0.15) is 0 Å². The van der Waals surface area contributed by atoms with E-state index in [2.05, 4.69) is 0 Å². The highest BCUT2D eigenvalue weighted by molar-refractivity contribution is 6.31. The SMILES string of the molecule is O=C(/C=C/C(=O)N(Cc1ccccc1)c1ccc(Cl)cc1)N(Cc1ccccc1)c1ccc(Cl)cc1. The molecule has 0 N–H and O–H groups in total. The third-order valence-corrected chi connectivity index (χ3v) is 6.05. The lowest BCUT2D eigenvalue weighted by Crippen LogP contribution is -2.31. The van der Waals surface area contributed by atoms with Crippen LogP contribution >= 0.6 is 23.2 Å². The lowest BCUT2D eigenvalue weighted by Gasteiger charge is -2.23. The van der Waals surface area contributed by atoms with E-state index in [0.29, 0.717) is 34.5 Å². The number of benzene rings is 4. The van der Waals surface area contributed by atoms with Gasteiger partial charge >= 0.3 is 0 Å². The van der Waals surface area contributed by atoms with Crippen molar-refractivity contribution in [1.82, 2.24) is 0 Å². The molecule has 0 spiro atoms. The van der Waals surface area contributed by atoms with E-state index >= 15 is 0 Å². The Morgan fingerprint density at radius 3 is 1.19 bits per heavy atom. The van der Waals surface area contributed by atoms with Crippen molar-refractivity contribution in [2.24, 2.45) is 0 Å². The molecule has 4 rings (SSSR count). The van der Waals surface area contributed by atoms with E-state index < -0.39 is 0 Å². The molecule has 2 amide bonds. The van der Waals surface area contributed by atoms with Gasteiger partial charge in [-0.25, -0.2) is 0 Å². The predicted molar refractivity (Wildman–Crippen MR) is 147 cm³/mol. The van der Waals surface area contributed by atoms with Crippen molar-refractivity contribution in [2.45, 2.75) is 13.1 Å². The van der Waals surface area contributed by atoms with E-state index in [9.17, 15) is 9.59 Å². The van der Waals surface area contributed by atoms with Crippen LogP contribution in [0, 0.1) is 0 Å². The minimum Gasteiger partial charge on any atom is -0.304 e. The molecular formula is C30H24Cl2N2O2. The van der Waals surface area contributed by atoms with Crippen LogP contribution < -0.4 is 9.80 Å². The summed E-state index contributed by atoms with van der Waals surface area (Å²) in [5.41, 5.74) is 3.30. The molecule has 0 aliphatic rings. The first-order chi connectivity index (χ1) is 17.5. The molecule has 0 radical (unpaired) electrons. The summed E-state index contributed by atoms with van der Waals surface area (Å²) in [6.45, 7) is 0.704. The quantitative estimate of drug-likeness (QED) is 0.231. The minimum absolute atomic E-state index is 0.315. The highest BCUT2D eigenvalue weighted by atomic mass is 35.5. The second kappa shape index (κ2) is 12.2. The standard InChI is InChI=1S/C30H24Cl2N2O2/c31-25-11-15-27(16-12-25)33(21-23-7-3-1-4-8-23)29(35)19-20-30(36)34(22-24-9-5-2-6-10-24)28-17-13-26(32)14-18-28/h1-20H,21-22H2/b20-19+. The fourth-order valence-corrected chi connectivity index (χ4v) is 3.94. The summed E-state index contributed by atoms with van der Waals surface area (Å²) in [7, 11) is 0. The van der Waals surface area contributed by atoms with Crippen molar-refractivity contribution in [2.75, 3.05) is 9.80 Å². The molecule has 0 heterocycles. The van der Waals surface area contributed by atoms with Gasteiger partial charge in [0.05, 0.1) is 13.1 Å². The molecule has 36 heavy (non-hydrogen) atoms. The molecule has 4 aromatic rings. The third kappa shape index (κ3) is 6.85. The van der Waals surface area contributed by atoms with Gasteiger partial charge in [0.25, 0.3) is 11.8 Å². The Labute approximate surface area is 221 Å². The normalized spacial score (nSPS) is 10.8. The number of carbonyl (C=O) groups is 2. The van der Waals surface area contributed by atoms with E-state index in [1.165, 1.54) is 12.2 Å². The second-order valence-corrected chi connectivity index (χ2v) is 8.98. The third-order valence-electron chi connectivity index (χ3n) is 5.54. The Kier molecular flexibility index (Phi) is 8.56. The van der Waals surface area contributed by atoms with Crippen LogP contribution in [0.15, 0.2) is 121 Å². The molecule has 0 bridgehead atoms. The van der Waals surface area contributed by atoms with Crippen molar-refractivity contribution in [3.8, 4) is 0 Å². The number of hydrogen-bond donors (Lipinski definition) is 0. The van der Waals surface area contributed by atoms with Crippen LogP contribution in [-0.4, -0.2) is 11.8 Å². The van der Waals surface area contributed by atoms with E-state index in [0.717, 1.165) is 11.1 Å². The Morgan fingerprint density at radius 2 is 0.861 bits per heavy atom. The first-order valence-corrected chi connectivity index (χ1v) is 12.2. The summed E-state index contributed by atoms with van der Waals surface area (Å²) in [4.78, 5) is 29.9. The Bertz CT molecular complexity index is 1220. The van der Waals surface area contributed by atoms with Crippen LogP contribution in [0.3, 0.4) is 0 Å². The Morgan fingerprint density at radius 1 is 0.528 bits per heavy atom. The zero-order valence-electron chi connectivity index (χ0n) is 19.4. The van der Waals surface area contributed by atoms with Crippen LogP contribution in [0.4, 0.5) is 11.4 Å². The molecular weight excluding hydrogens is 491 g/mol. The van der Waals surface area contributed by atoms with E-state index in [1.807, 2.05) is 60.7 Å². The van der Waals surface area contributed by atoms with Crippen LogP contribution in [0.5, 0.6) is 0 Å². The molecule has 0 unspecified atom stereocenters. The molecule has 0 saturated carbocycles. The largest absolute Gasteiger partial charge is 0.304 e. The van der Waals surface area contributed by atoms with Crippen molar-refractivity contribution in [3.63, 3.8) is 0 Å². The number of anilines is 2. The van der Waals surface area contributed by atoms with Gasteiger partial charge in [0.2, 0.25) is 0 Å². The van der Waals surface area contributed by atoms with Crippen LogP contribution in [0.25, 0.3) is 0 Å². The summed E-state index contributed by atoms with van der Waals surface area (Å²) in [5, 5.41) is 1.16. The van der Waals surface area contributed by atoms with Gasteiger partial charge in [0.15, 0.2) is 0 Å². The zero-order chi connectivity index (χ0) is 25.3. The van der Waals surface area contributed by atoms with Crippen molar-refractivity contribution < 1.29 is 9.59 Å². The number of hydrogen-bond acceptors (Lipinski definition) is 2. The molecule has 0 saturated heterocycles. The fraction of sp³-hybridized carbons (Fsp3) is 0.0667. The zero-order valence-corrected chi connectivity index (χ0v) is 20.9. The molecule has 4 aromatic carbocycles. The second-order valence-electron chi connectivity index (χ2n) is 8.11. The Balaban J connectivity index is 1.59. The summed E-state index contributed by atoms with van der Waals surface area (Å²) in [5.74, 6) is -0.629. The molecule has 0 aromatic heterocycles. The minimum atomic E-state index is -0.315. The van der Waals surface area contributed by atoms with Crippen molar-refractivity contribution in [3.05, 3.63) is 143 Å². The summed E-state index contributed by atoms with van der Waals surface area (Å²) >= 11 is 12.1. The van der Waals surface area contributed by atoms with Crippen LogP contribution in [-0.2, 0) is 22.7 Å². The van der Waals surface area contributed by atoms with Gasteiger partial charge < -0.3 is 9.80 Å². The topological polar surface area (TPSA) is 40.6 Å². The molecule has 0 fully saturated rings. The first-order valence-electron chi connectivity index (χ1n) is 11.4. The van der Waals surface area contributed by atoms with Gasteiger partial charge in [-0.3, -0.25) is 9.59 Å². The van der Waals surface area contributed by atoms with Gasteiger partial charge in [-0.15, -0.1) is 0 Å². The Hall–Kier alpha value is -3.86. The maximum atomic E-state index is 13.3. The number of halogens is 2. The lowest BCUT2D eigenvalue weighted by atomic mass is 10.1. The number of nitrogens with zero attached hydrogens (tertiary/aromatic N) is 2. The average Bonchev–Trinajstić information content (AvgIpc) is 2.91. The van der Waals surface area contributed by atoms with Crippen molar-refractivity contribution in [1.29, 1.82) is 0 Å². The summed E-state index contributed by atoms with van der Waals surface area (Å²) in [6, 6.07) is 33.4. The van der Waals surface area contributed by atoms with Gasteiger partial charge in [-0.05, 0) is 59.7 Å². The molecule has 0 aliphatic carbocycles. The average molecular weight is 515 g/mol. The molecule has 0 aliphatic heterocycles. The van der Waals surface area contributed by atoms with Crippen LogP contribution in [0.1, 0.15) is 11.1 Å². The lowest BCUT2D eigenvalue weighted by molar-refractivity contribution is -0.116. The smallest absolute Gasteiger partial charge is 0.251 e. The number of carbonyl (C=O) groups excluding carboxylic acids is 2.